The van der Waals surface area contributed by atoms with Crippen molar-refractivity contribution in [1.82, 2.24) is 0 Å². The first kappa shape index (κ1) is 18.5. The Morgan fingerprint density at radius 2 is 1.77 bits per heavy atom. The van der Waals surface area contributed by atoms with E-state index in [2.05, 4.69) is 5.32 Å². The predicted molar refractivity (Wildman–Crippen MR) is 92.0 cm³/mol. The molecule has 1 amide bonds. The Morgan fingerprint density at radius 3 is 2.42 bits per heavy atom. The smallest absolute Gasteiger partial charge is 0.347 e. The summed E-state index contributed by atoms with van der Waals surface area (Å²) in [4.78, 5) is 23.8. The lowest BCUT2D eigenvalue weighted by molar-refractivity contribution is -0.153. The zero-order valence-electron chi connectivity index (χ0n) is 13.9. The van der Waals surface area contributed by atoms with Crippen molar-refractivity contribution < 1.29 is 19.1 Å². The van der Waals surface area contributed by atoms with E-state index in [1.807, 2.05) is 12.1 Å². The van der Waals surface area contributed by atoms with Crippen LogP contribution in [-0.4, -0.2) is 24.6 Å². The zero-order chi connectivity index (χ0) is 18.9. The number of rotatable bonds is 6. The van der Waals surface area contributed by atoms with Crippen LogP contribution in [-0.2, 0) is 14.3 Å². The van der Waals surface area contributed by atoms with Gasteiger partial charge in [0.1, 0.15) is 11.8 Å². The molecule has 0 aliphatic rings. The molecule has 0 radical (unpaired) electrons. The number of hydrogen-bond acceptors (Lipinski definition) is 6. The average Bonchev–Trinajstić information content (AvgIpc) is 2.67. The Morgan fingerprint density at radius 1 is 1.08 bits per heavy atom. The highest BCUT2D eigenvalue weighted by Crippen LogP contribution is 2.15. The predicted octanol–water partition coefficient (Wildman–Crippen LogP) is 2.38. The molecule has 2 aromatic rings. The second-order valence-corrected chi connectivity index (χ2v) is 5.21. The number of anilines is 1. The molecule has 0 heterocycles. The van der Waals surface area contributed by atoms with Crippen molar-refractivity contribution >= 4 is 17.6 Å². The van der Waals surface area contributed by atoms with Crippen LogP contribution in [0.3, 0.4) is 0 Å². The van der Waals surface area contributed by atoms with E-state index in [4.69, 9.17) is 20.0 Å². The van der Waals surface area contributed by atoms with Crippen LogP contribution in [0, 0.1) is 22.7 Å². The molecule has 2 rings (SSSR count). The normalized spacial score (nSPS) is 10.7. The van der Waals surface area contributed by atoms with Crippen LogP contribution in [0.25, 0.3) is 0 Å². The molecule has 7 nitrogen and oxygen atoms in total. The largest absolute Gasteiger partial charge is 0.479 e. The van der Waals surface area contributed by atoms with Crippen LogP contribution in [0.15, 0.2) is 48.5 Å². The summed E-state index contributed by atoms with van der Waals surface area (Å²) in [6.45, 7) is 0.989. The molecule has 0 aliphatic carbocycles. The van der Waals surface area contributed by atoms with Crippen molar-refractivity contribution in [3.63, 3.8) is 0 Å². The number of carbonyl (C=O) groups excluding carboxylic acids is 2. The van der Waals surface area contributed by atoms with Gasteiger partial charge in [-0.3, -0.25) is 4.79 Å². The number of nitrogens with zero attached hydrogens (tertiary/aromatic N) is 2. The minimum absolute atomic E-state index is 0.310. The quantitative estimate of drug-likeness (QED) is 0.801. The number of amides is 1. The Bertz CT molecular complexity index is 879. The zero-order valence-corrected chi connectivity index (χ0v) is 13.9. The van der Waals surface area contributed by atoms with Gasteiger partial charge < -0.3 is 14.8 Å². The standard InChI is InChI=1S/C19H15N3O4/c1-13(26-16-8-6-14(10-20)7-9-16)19(24)25-12-18(23)22-17-5-3-2-4-15(17)11-21/h2-9,13H,12H2,1H3,(H,22,23)/t13-/m1/s1. The maximum atomic E-state index is 11.9. The Kier molecular flexibility index (Phi) is 6.30. The summed E-state index contributed by atoms with van der Waals surface area (Å²) < 4.78 is 10.3. The Hall–Kier alpha value is -3.84. The van der Waals surface area contributed by atoms with Gasteiger partial charge in [0.2, 0.25) is 0 Å². The lowest BCUT2D eigenvalue weighted by Gasteiger charge is -2.14. The fourth-order valence-corrected chi connectivity index (χ4v) is 1.99. The van der Waals surface area contributed by atoms with E-state index in [0.717, 1.165) is 0 Å². The van der Waals surface area contributed by atoms with Gasteiger partial charge in [0.25, 0.3) is 5.91 Å². The summed E-state index contributed by atoms with van der Waals surface area (Å²) in [6, 6.07) is 16.7. The number of hydrogen-bond donors (Lipinski definition) is 1. The molecule has 0 unspecified atom stereocenters. The third kappa shape index (κ3) is 5.08. The molecular formula is C19H15N3O4. The summed E-state index contributed by atoms with van der Waals surface area (Å²) >= 11 is 0. The minimum atomic E-state index is -0.929. The third-order valence-electron chi connectivity index (χ3n) is 3.30. The highest BCUT2D eigenvalue weighted by molar-refractivity contribution is 5.94. The summed E-state index contributed by atoms with van der Waals surface area (Å²) in [7, 11) is 0. The van der Waals surface area contributed by atoms with Gasteiger partial charge in [0, 0.05) is 0 Å². The lowest BCUT2D eigenvalue weighted by Crippen LogP contribution is -2.29. The molecular weight excluding hydrogens is 334 g/mol. The van der Waals surface area contributed by atoms with Crippen molar-refractivity contribution in [3.8, 4) is 17.9 Å². The van der Waals surface area contributed by atoms with Crippen molar-refractivity contribution in [2.45, 2.75) is 13.0 Å². The first-order chi connectivity index (χ1) is 12.5. The SMILES string of the molecule is C[C@@H](Oc1ccc(C#N)cc1)C(=O)OCC(=O)Nc1ccccc1C#N. The van der Waals surface area contributed by atoms with Crippen LogP contribution in [0.2, 0.25) is 0 Å². The molecule has 1 N–H and O–H groups in total. The number of nitrogens with one attached hydrogen (secondary N) is 1. The molecule has 7 heteroatoms. The van der Waals surface area contributed by atoms with Gasteiger partial charge in [0.15, 0.2) is 12.7 Å². The number of para-hydroxylation sites is 1. The molecule has 2 aromatic carbocycles. The van der Waals surface area contributed by atoms with Gasteiger partial charge in [-0.2, -0.15) is 10.5 Å². The molecule has 0 aliphatic heterocycles. The molecule has 1 atom stereocenters. The maximum absolute atomic E-state index is 11.9. The van der Waals surface area contributed by atoms with E-state index in [1.165, 1.54) is 6.92 Å². The van der Waals surface area contributed by atoms with Crippen LogP contribution in [0.4, 0.5) is 5.69 Å². The first-order valence-electron chi connectivity index (χ1n) is 7.66. The van der Waals surface area contributed by atoms with E-state index in [9.17, 15) is 9.59 Å². The molecule has 130 valence electrons. The summed E-state index contributed by atoms with van der Waals surface area (Å²) in [5.41, 5.74) is 1.13. The summed E-state index contributed by atoms with van der Waals surface area (Å²) in [6.07, 6.45) is -0.929. The van der Waals surface area contributed by atoms with E-state index >= 15 is 0 Å². The monoisotopic (exact) mass is 349 g/mol. The summed E-state index contributed by atoms with van der Waals surface area (Å²) in [5, 5.41) is 20.2. The fourth-order valence-electron chi connectivity index (χ4n) is 1.99. The molecule has 0 saturated carbocycles. The van der Waals surface area contributed by atoms with E-state index in [0.29, 0.717) is 22.6 Å². The highest BCUT2D eigenvalue weighted by Gasteiger charge is 2.18. The van der Waals surface area contributed by atoms with Crippen LogP contribution < -0.4 is 10.1 Å². The molecule has 0 spiro atoms. The molecule has 0 saturated heterocycles. The first-order valence-corrected chi connectivity index (χ1v) is 7.66. The van der Waals surface area contributed by atoms with Crippen LogP contribution >= 0.6 is 0 Å². The third-order valence-corrected chi connectivity index (χ3v) is 3.30. The molecule has 26 heavy (non-hydrogen) atoms. The summed E-state index contributed by atoms with van der Waals surface area (Å²) in [5.74, 6) is -0.870. The number of nitriles is 2. The molecule has 0 bridgehead atoms. The molecule has 0 aromatic heterocycles. The minimum Gasteiger partial charge on any atom is -0.479 e. The van der Waals surface area contributed by atoms with Crippen molar-refractivity contribution in [1.29, 1.82) is 10.5 Å². The van der Waals surface area contributed by atoms with E-state index in [-0.39, 0.29) is 0 Å². The average molecular weight is 349 g/mol. The van der Waals surface area contributed by atoms with Crippen molar-refractivity contribution in [2.75, 3.05) is 11.9 Å². The van der Waals surface area contributed by atoms with E-state index < -0.39 is 24.6 Å². The Labute approximate surface area is 150 Å². The van der Waals surface area contributed by atoms with Gasteiger partial charge in [-0.25, -0.2) is 4.79 Å². The van der Waals surface area contributed by atoms with Crippen molar-refractivity contribution in [3.05, 3.63) is 59.7 Å². The van der Waals surface area contributed by atoms with Gasteiger partial charge >= 0.3 is 5.97 Å². The van der Waals surface area contributed by atoms with Crippen molar-refractivity contribution in [2.24, 2.45) is 0 Å². The Balaban J connectivity index is 1.84. The molecule has 0 fully saturated rings. The number of ether oxygens (including phenoxy) is 2. The van der Waals surface area contributed by atoms with E-state index in [1.54, 1.807) is 48.5 Å². The van der Waals surface area contributed by atoms with Gasteiger partial charge in [-0.15, -0.1) is 0 Å². The topological polar surface area (TPSA) is 112 Å². The van der Waals surface area contributed by atoms with Crippen LogP contribution in [0.5, 0.6) is 5.75 Å². The number of esters is 1. The lowest BCUT2D eigenvalue weighted by atomic mass is 10.2. The second-order valence-electron chi connectivity index (χ2n) is 5.21. The fraction of sp³-hybridized carbons (Fsp3) is 0.158. The van der Waals surface area contributed by atoms with Gasteiger partial charge in [0.05, 0.1) is 22.9 Å². The number of benzene rings is 2. The number of carbonyl (C=O) groups is 2. The van der Waals surface area contributed by atoms with Gasteiger partial charge in [-0.05, 0) is 43.3 Å². The maximum Gasteiger partial charge on any atom is 0.347 e. The second kappa shape index (κ2) is 8.86. The highest BCUT2D eigenvalue weighted by atomic mass is 16.6. The van der Waals surface area contributed by atoms with Crippen LogP contribution in [0.1, 0.15) is 18.1 Å². The van der Waals surface area contributed by atoms with Gasteiger partial charge in [-0.1, -0.05) is 12.1 Å².